The van der Waals surface area contributed by atoms with Gasteiger partial charge in [0.2, 0.25) is 0 Å². The Morgan fingerprint density at radius 2 is 2.20 bits per heavy atom. The smallest absolute Gasteiger partial charge is 0.327 e. The van der Waals surface area contributed by atoms with Crippen molar-refractivity contribution in [2.45, 2.75) is 44.7 Å². The summed E-state index contributed by atoms with van der Waals surface area (Å²) in [4.78, 5) is 12.2. The van der Waals surface area contributed by atoms with Crippen LogP contribution in [-0.4, -0.2) is 18.6 Å². The summed E-state index contributed by atoms with van der Waals surface area (Å²) in [7, 11) is 0. The number of nitrogens with one attached hydrogen (secondary N) is 1. The summed E-state index contributed by atoms with van der Waals surface area (Å²) in [5.41, 5.74) is 0.719. The molecule has 1 aliphatic rings. The molecule has 0 bridgehead atoms. The van der Waals surface area contributed by atoms with Crippen LogP contribution in [0.3, 0.4) is 0 Å². The zero-order chi connectivity index (χ0) is 14.5. The number of benzene rings is 1. The predicted octanol–water partition coefficient (Wildman–Crippen LogP) is 3.72. The van der Waals surface area contributed by atoms with Gasteiger partial charge >= 0.3 is 5.97 Å². The first-order valence-electron chi connectivity index (χ1n) is 6.99. The summed E-state index contributed by atoms with van der Waals surface area (Å²) < 4.78 is 18.9. The number of carbonyl (C=O) groups is 1. The van der Waals surface area contributed by atoms with Gasteiger partial charge in [0.15, 0.2) is 0 Å². The highest BCUT2D eigenvalue weighted by Crippen LogP contribution is 2.28. The zero-order valence-electron chi connectivity index (χ0n) is 11.5. The summed E-state index contributed by atoms with van der Waals surface area (Å²) in [6, 6.07) is 4.14. The molecule has 3 nitrogen and oxygen atoms in total. The summed E-state index contributed by atoms with van der Waals surface area (Å²) >= 11 is 3.33. The van der Waals surface area contributed by atoms with Gasteiger partial charge in [0.05, 0.1) is 6.61 Å². The molecule has 0 amide bonds. The van der Waals surface area contributed by atoms with Gasteiger partial charge in [-0.1, -0.05) is 34.8 Å². The van der Waals surface area contributed by atoms with Crippen LogP contribution in [0.25, 0.3) is 0 Å². The van der Waals surface area contributed by atoms with Crippen molar-refractivity contribution in [1.29, 1.82) is 0 Å². The number of hydrogen-bond acceptors (Lipinski definition) is 3. The van der Waals surface area contributed by atoms with Crippen molar-refractivity contribution >= 4 is 21.9 Å². The Bertz CT molecular complexity index is 475. The van der Waals surface area contributed by atoms with Gasteiger partial charge in [0.25, 0.3) is 0 Å². The normalized spacial score (nSPS) is 17.1. The molecule has 1 aromatic rings. The molecule has 0 saturated heterocycles. The van der Waals surface area contributed by atoms with Gasteiger partial charge in [-0.25, -0.2) is 9.18 Å². The molecular weight excluding hydrogens is 325 g/mol. The maximum atomic E-state index is 13.2. The monoisotopic (exact) mass is 343 g/mol. The Labute approximate surface area is 127 Å². The van der Waals surface area contributed by atoms with Crippen LogP contribution in [-0.2, 0) is 9.53 Å². The van der Waals surface area contributed by atoms with Crippen LogP contribution in [0, 0.1) is 5.82 Å². The molecule has 1 aliphatic carbocycles. The van der Waals surface area contributed by atoms with Crippen LogP contribution < -0.4 is 5.32 Å². The Balaban J connectivity index is 2.22. The standard InChI is InChI=1S/C15H19BrFNO2/c1-2-20-15(19)14(18-11-5-3-4-6-11)12-8-7-10(17)9-13(12)16/h7-9,11,14,18H,2-6H2,1H3. The van der Waals surface area contributed by atoms with Gasteiger partial charge in [0.1, 0.15) is 11.9 Å². The first-order valence-corrected chi connectivity index (χ1v) is 7.78. The Kier molecular flexibility index (Phi) is 5.54. The zero-order valence-corrected chi connectivity index (χ0v) is 13.1. The largest absolute Gasteiger partial charge is 0.465 e. The molecule has 2 rings (SSSR count). The van der Waals surface area contributed by atoms with Crippen molar-refractivity contribution in [3.05, 3.63) is 34.1 Å². The van der Waals surface area contributed by atoms with Crippen molar-refractivity contribution in [2.24, 2.45) is 0 Å². The molecule has 110 valence electrons. The van der Waals surface area contributed by atoms with Crippen LogP contribution in [0.4, 0.5) is 4.39 Å². The maximum absolute atomic E-state index is 13.2. The van der Waals surface area contributed by atoms with E-state index in [4.69, 9.17) is 4.74 Å². The fraction of sp³-hybridized carbons (Fsp3) is 0.533. The Morgan fingerprint density at radius 3 is 2.80 bits per heavy atom. The van der Waals surface area contributed by atoms with Crippen molar-refractivity contribution in [3.63, 3.8) is 0 Å². The highest BCUT2D eigenvalue weighted by molar-refractivity contribution is 9.10. The molecular formula is C15H19BrFNO2. The summed E-state index contributed by atoms with van der Waals surface area (Å²) in [6.07, 6.45) is 4.49. The maximum Gasteiger partial charge on any atom is 0.327 e. The van der Waals surface area contributed by atoms with E-state index in [0.29, 0.717) is 17.1 Å². The molecule has 5 heteroatoms. The van der Waals surface area contributed by atoms with E-state index in [0.717, 1.165) is 18.4 Å². The molecule has 1 fully saturated rings. The Morgan fingerprint density at radius 1 is 1.50 bits per heavy atom. The van der Waals surface area contributed by atoms with Crippen LogP contribution >= 0.6 is 15.9 Å². The predicted molar refractivity (Wildman–Crippen MR) is 78.9 cm³/mol. The number of rotatable bonds is 5. The van der Waals surface area contributed by atoms with Crippen molar-refractivity contribution in [1.82, 2.24) is 5.32 Å². The lowest BCUT2D eigenvalue weighted by Gasteiger charge is -2.22. The lowest BCUT2D eigenvalue weighted by molar-refractivity contribution is -0.146. The van der Waals surface area contributed by atoms with E-state index >= 15 is 0 Å². The molecule has 1 saturated carbocycles. The summed E-state index contributed by atoms with van der Waals surface area (Å²) in [5.74, 6) is -0.643. The number of carbonyl (C=O) groups excluding carboxylic acids is 1. The molecule has 0 spiro atoms. The van der Waals surface area contributed by atoms with Crippen molar-refractivity contribution in [3.8, 4) is 0 Å². The van der Waals surface area contributed by atoms with Crippen molar-refractivity contribution in [2.75, 3.05) is 6.61 Å². The van der Waals surface area contributed by atoms with Gasteiger partial charge in [-0.3, -0.25) is 5.32 Å². The lowest BCUT2D eigenvalue weighted by atomic mass is 10.1. The fourth-order valence-corrected chi connectivity index (χ4v) is 3.15. The van der Waals surface area contributed by atoms with E-state index in [-0.39, 0.29) is 11.8 Å². The van der Waals surface area contributed by atoms with Crippen molar-refractivity contribution < 1.29 is 13.9 Å². The first kappa shape index (κ1) is 15.4. The van der Waals surface area contributed by atoms with Crippen LogP contribution in [0.5, 0.6) is 0 Å². The van der Waals surface area contributed by atoms with E-state index in [1.54, 1.807) is 13.0 Å². The van der Waals surface area contributed by atoms with E-state index in [1.807, 2.05) is 0 Å². The molecule has 0 heterocycles. The van der Waals surface area contributed by atoms with Gasteiger partial charge < -0.3 is 4.74 Å². The number of halogens is 2. The quantitative estimate of drug-likeness (QED) is 0.828. The van der Waals surface area contributed by atoms with E-state index in [1.165, 1.54) is 25.0 Å². The second-order valence-corrected chi connectivity index (χ2v) is 5.85. The minimum atomic E-state index is -0.548. The SMILES string of the molecule is CCOC(=O)C(NC1CCCC1)c1ccc(F)cc1Br. The van der Waals surface area contributed by atoms with Crippen LogP contribution in [0.15, 0.2) is 22.7 Å². The van der Waals surface area contributed by atoms with Gasteiger partial charge in [-0.05, 0) is 37.5 Å². The van der Waals surface area contributed by atoms with E-state index < -0.39 is 6.04 Å². The third-order valence-corrected chi connectivity index (χ3v) is 4.24. The molecule has 0 aliphatic heterocycles. The molecule has 1 unspecified atom stereocenters. The lowest BCUT2D eigenvalue weighted by Crippen LogP contribution is -2.36. The Hall–Kier alpha value is -0.940. The van der Waals surface area contributed by atoms with Crippen LogP contribution in [0.1, 0.15) is 44.2 Å². The highest BCUT2D eigenvalue weighted by Gasteiger charge is 2.28. The molecule has 1 aromatic carbocycles. The van der Waals surface area contributed by atoms with Gasteiger partial charge in [0, 0.05) is 10.5 Å². The third kappa shape index (κ3) is 3.79. The molecule has 0 aromatic heterocycles. The second kappa shape index (κ2) is 7.18. The third-order valence-electron chi connectivity index (χ3n) is 3.55. The fourth-order valence-electron chi connectivity index (χ4n) is 2.57. The van der Waals surface area contributed by atoms with Gasteiger partial charge in [-0.15, -0.1) is 0 Å². The molecule has 1 atom stereocenters. The summed E-state index contributed by atoms with van der Waals surface area (Å²) in [6.45, 7) is 2.12. The number of hydrogen-bond donors (Lipinski definition) is 1. The van der Waals surface area contributed by atoms with Crippen LogP contribution in [0.2, 0.25) is 0 Å². The number of esters is 1. The topological polar surface area (TPSA) is 38.3 Å². The average Bonchev–Trinajstić information content (AvgIpc) is 2.90. The molecule has 20 heavy (non-hydrogen) atoms. The highest BCUT2D eigenvalue weighted by atomic mass is 79.9. The van der Waals surface area contributed by atoms with E-state index in [2.05, 4.69) is 21.2 Å². The minimum absolute atomic E-state index is 0.313. The average molecular weight is 344 g/mol. The van der Waals surface area contributed by atoms with E-state index in [9.17, 15) is 9.18 Å². The molecule has 1 N–H and O–H groups in total. The first-order chi connectivity index (χ1) is 9.61. The minimum Gasteiger partial charge on any atom is -0.465 e. The molecule has 0 radical (unpaired) electrons. The number of ether oxygens (including phenoxy) is 1. The summed E-state index contributed by atoms with van der Waals surface area (Å²) in [5, 5.41) is 3.35. The van der Waals surface area contributed by atoms with Gasteiger partial charge in [-0.2, -0.15) is 0 Å². The second-order valence-electron chi connectivity index (χ2n) is 5.00.